The molecule has 0 radical (unpaired) electrons. The van der Waals surface area contributed by atoms with Crippen molar-refractivity contribution in [3.63, 3.8) is 0 Å². The van der Waals surface area contributed by atoms with Crippen LogP contribution in [0.25, 0.3) is 0 Å². The van der Waals surface area contributed by atoms with Crippen LogP contribution in [0.3, 0.4) is 0 Å². The molecule has 29 heavy (non-hydrogen) atoms. The van der Waals surface area contributed by atoms with E-state index in [4.69, 9.17) is 17.4 Å². The van der Waals surface area contributed by atoms with Gasteiger partial charge in [-0.25, -0.2) is 4.79 Å². The molecule has 0 bridgehead atoms. The summed E-state index contributed by atoms with van der Waals surface area (Å²) in [6.07, 6.45) is -0.217. The monoisotopic (exact) mass is 432 g/mol. The van der Waals surface area contributed by atoms with Crippen LogP contribution in [0.2, 0.25) is 19.6 Å². The van der Waals surface area contributed by atoms with Gasteiger partial charge in [-0.05, 0) is 57.4 Å². The van der Waals surface area contributed by atoms with Crippen molar-refractivity contribution in [3.05, 3.63) is 28.3 Å². The van der Waals surface area contributed by atoms with Gasteiger partial charge in [0.05, 0.1) is 0 Å². The number of benzene rings is 1. The average molecular weight is 433 g/mol. The normalized spacial score (nSPS) is 15.7. The van der Waals surface area contributed by atoms with E-state index in [0.717, 1.165) is 35.7 Å². The molecule has 0 atom stereocenters. The molecule has 0 saturated carbocycles. The lowest BCUT2D eigenvalue weighted by molar-refractivity contribution is 0.0139. The van der Waals surface area contributed by atoms with Crippen molar-refractivity contribution in [2.45, 2.75) is 71.3 Å². The van der Waals surface area contributed by atoms with Crippen LogP contribution in [0.4, 0.5) is 4.79 Å². The van der Waals surface area contributed by atoms with E-state index >= 15 is 0 Å². The lowest BCUT2D eigenvalue weighted by Crippen LogP contribution is -2.49. The number of amides is 1. The van der Waals surface area contributed by atoms with E-state index in [1.165, 1.54) is 11.1 Å². The molecule has 2 rings (SSSR count). The highest BCUT2D eigenvalue weighted by Gasteiger charge is 2.26. The zero-order valence-electron chi connectivity index (χ0n) is 19.3. The lowest BCUT2D eigenvalue weighted by atomic mass is 9.97. The third kappa shape index (κ3) is 7.09. The van der Waals surface area contributed by atoms with Gasteiger partial charge in [0.1, 0.15) is 13.7 Å². The third-order valence-electron chi connectivity index (χ3n) is 4.91. The predicted octanol–water partition coefficient (Wildman–Crippen LogP) is 4.87. The van der Waals surface area contributed by atoms with Crippen LogP contribution >= 0.6 is 12.6 Å². The van der Waals surface area contributed by atoms with Crippen LogP contribution in [0, 0.1) is 25.3 Å². The Hall–Kier alpha value is -1.42. The maximum atomic E-state index is 12.3. The number of hydrogen-bond acceptors (Lipinski definition) is 4. The predicted molar refractivity (Wildman–Crippen MR) is 126 cm³/mol. The second-order valence-corrected chi connectivity index (χ2v) is 15.2. The Morgan fingerprint density at radius 1 is 1.14 bits per heavy atom. The van der Waals surface area contributed by atoms with Crippen molar-refractivity contribution in [2.24, 2.45) is 0 Å². The lowest BCUT2D eigenvalue weighted by Gasteiger charge is -2.36. The van der Waals surface area contributed by atoms with Gasteiger partial charge in [-0.2, -0.15) is 0 Å². The summed E-state index contributed by atoms with van der Waals surface area (Å²) in [5, 5.41) is 0. The molecule has 6 heteroatoms. The van der Waals surface area contributed by atoms with Crippen molar-refractivity contribution < 1.29 is 9.53 Å². The van der Waals surface area contributed by atoms with Gasteiger partial charge in [-0.1, -0.05) is 25.6 Å². The summed E-state index contributed by atoms with van der Waals surface area (Å²) < 4.78 is 5.50. The van der Waals surface area contributed by atoms with Gasteiger partial charge in [0, 0.05) is 43.2 Å². The number of carbonyl (C=O) groups excluding carboxylic acids is 1. The SMILES string of the molecule is Cc1c(S)cc(CN2CCN(C(=O)OC(C)(C)C)CC2)c(C)c1C#C[Si](C)(C)C. The van der Waals surface area contributed by atoms with Crippen LogP contribution in [0.5, 0.6) is 0 Å². The van der Waals surface area contributed by atoms with Gasteiger partial charge < -0.3 is 9.64 Å². The second-order valence-electron chi connectivity index (χ2n) is 9.92. The number of ether oxygens (including phenoxy) is 1. The summed E-state index contributed by atoms with van der Waals surface area (Å²) >= 11 is 4.70. The molecular weight excluding hydrogens is 396 g/mol. The molecule has 1 fully saturated rings. The first-order valence-corrected chi connectivity index (χ1v) is 14.3. The molecule has 1 aromatic carbocycles. The number of rotatable bonds is 2. The summed E-state index contributed by atoms with van der Waals surface area (Å²) in [4.78, 5) is 17.5. The Morgan fingerprint density at radius 2 is 1.72 bits per heavy atom. The Balaban J connectivity index is 2.11. The molecule has 1 aliphatic rings. The van der Waals surface area contributed by atoms with E-state index in [0.29, 0.717) is 13.1 Å². The van der Waals surface area contributed by atoms with Crippen molar-refractivity contribution >= 4 is 26.8 Å². The van der Waals surface area contributed by atoms with Gasteiger partial charge in [-0.15, -0.1) is 18.2 Å². The van der Waals surface area contributed by atoms with Crippen LogP contribution in [0.15, 0.2) is 11.0 Å². The molecule has 1 amide bonds. The smallest absolute Gasteiger partial charge is 0.410 e. The minimum atomic E-state index is -1.44. The highest BCUT2D eigenvalue weighted by molar-refractivity contribution is 7.80. The molecule has 0 aromatic heterocycles. The van der Waals surface area contributed by atoms with Crippen molar-refractivity contribution in [1.82, 2.24) is 9.80 Å². The Morgan fingerprint density at radius 3 is 2.24 bits per heavy atom. The minimum Gasteiger partial charge on any atom is -0.444 e. The molecule has 0 unspecified atom stereocenters. The van der Waals surface area contributed by atoms with E-state index < -0.39 is 13.7 Å². The maximum Gasteiger partial charge on any atom is 0.410 e. The maximum absolute atomic E-state index is 12.3. The van der Waals surface area contributed by atoms with Gasteiger partial charge >= 0.3 is 6.09 Å². The number of piperazine rings is 1. The van der Waals surface area contributed by atoms with Gasteiger partial charge in [-0.3, -0.25) is 4.90 Å². The zero-order valence-corrected chi connectivity index (χ0v) is 21.2. The molecule has 160 valence electrons. The van der Waals surface area contributed by atoms with Crippen molar-refractivity contribution in [3.8, 4) is 11.5 Å². The zero-order chi connectivity index (χ0) is 22.0. The molecule has 1 saturated heterocycles. The highest BCUT2D eigenvalue weighted by Crippen LogP contribution is 2.26. The van der Waals surface area contributed by atoms with Crippen molar-refractivity contribution in [1.29, 1.82) is 0 Å². The molecule has 1 aliphatic heterocycles. The molecule has 0 aliphatic carbocycles. The third-order valence-corrected chi connectivity index (χ3v) is 6.25. The first-order chi connectivity index (χ1) is 13.3. The van der Waals surface area contributed by atoms with E-state index in [1.807, 2.05) is 20.8 Å². The molecule has 1 aromatic rings. The van der Waals surface area contributed by atoms with Crippen molar-refractivity contribution in [2.75, 3.05) is 26.2 Å². The fourth-order valence-corrected chi connectivity index (χ4v) is 3.98. The van der Waals surface area contributed by atoms with Gasteiger partial charge in [0.15, 0.2) is 0 Å². The Labute approximate surface area is 183 Å². The van der Waals surface area contributed by atoms with Gasteiger partial charge in [0.2, 0.25) is 0 Å². The van der Waals surface area contributed by atoms with E-state index in [-0.39, 0.29) is 6.09 Å². The summed E-state index contributed by atoms with van der Waals surface area (Å²) in [5.74, 6) is 3.46. The summed E-state index contributed by atoms with van der Waals surface area (Å²) in [7, 11) is -1.44. The molecule has 0 N–H and O–H groups in total. The fourth-order valence-electron chi connectivity index (χ4n) is 3.21. The summed E-state index contributed by atoms with van der Waals surface area (Å²) in [6.45, 7) is 20.7. The standard InChI is InChI=1S/C23H36N2O2SSi/c1-17-19(15-21(28)18(2)20(17)9-14-29(6,7)8)16-24-10-12-25(13-11-24)22(26)27-23(3,4)5/h15,28H,10-13,16H2,1-8H3. The number of carbonyl (C=O) groups is 1. The van der Waals surface area contributed by atoms with E-state index in [9.17, 15) is 4.79 Å². The molecular formula is C23H36N2O2SSi. The quantitative estimate of drug-likeness (QED) is 0.411. The summed E-state index contributed by atoms with van der Waals surface area (Å²) in [5.41, 5.74) is 7.85. The summed E-state index contributed by atoms with van der Waals surface area (Å²) in [6, 6.07) is 2.17. The van der Waals surface area contributed by atoms with Crippen LogP contribution in [-0.2, 0) is 11.3 Å². The topological polar surface area (TPSA) is 32.8 Å². The van der Waals surface area contributed by atoms with Crippen LogP contribution in [-0.4, -0.2) is 55.7 Å². The number of hydrogen-bond donors (Lipinski definition) is 1. The first-order valence-electron chi connectivity index (χ1n) is 10.3. The number of nitrogens with zero attached hydrogens (tertiary/aromatic N) is 2. The fraction of sp³-hybridized carbons (Fsp3) is 0.609. The molecule has 1 heterocycles. The van der Waals surface area contributed by atoms with Crippen LogP contribution in [0.1, 0.15) is 43.0 Å². The first kappa shape index (κ1) is 23.9. The largest absolute Gasteiger partial charge is 0.444 e. The highest BCUT2D eigenvalue weighted by atomic mass is 32.1. The minimum absolute atomic E-state index is 0.217. The average Bonchev–Trinajstić information content (AvgIpc) is 2.57. The molecule has 0 spiro atoms. The van der Waals surface area contributed by atoms with E-state index in [2.05, 4.69) is 55.9 Å². The van der Waals surface area contributed by atoms with Crippen LogP contribution < -0.4 is 0 Å². The Bertz CT molecular complexity index is 820. The van der Waals surface area contributed by atoms with Gasteiger partial charge in [0.25, 0.3) is 0 Å². The van der Waals surface area contributed by atoms with E-state index in [1.54, 1.807) is 4.90 Å². The second kappa shape index (κ2) is 9.16. The molecule has 4 nitrogen and oxygen atoms in total. The Kier molecular flexibility index (Phi) is 7.53. The number of thiol groups is 1.